The Kier molecular flexibility index (Phi) is 5.57. The Bertz CT molecular complexity index is 1210. The Balaban J connectivity index is 1.86. The van der Waals surface area contributed by atoms with Crippen molar-refractivity contribution in [2.24, 2.45) is 5.92 Å². The topological polar surface area (TPSA) is 109 Å². The number of rotatable bonds is 5. The van der Waals surface area contributed by atoms with Gasteiger partial charge in [0.05, 0.1) is 36.9 Å². The van der Waals surface area contributed by atoms with E-state index in [4.69, 9.17) is 9.47 Å². The van der Waals surface area contributed by atoms with Crippen LogP contribution in [-0.2, 0) is 22.3 Å². The highest BCUT2D eigenvalue weighted by molar-refractivity contribution is 9.10. The second-order valence-electron chi connectivity index (χ2n) is 8.31. The van der Waals surface area contributed by atoms with Crippen LogP contribution in [0.4, 0.5) is 0 Å². The van der Waals surface area contributed by atoms with Crippen molar-refractivity contribution in [3.05, 3.63) is 88.2 Å². The molecule has 1 fully saturated rings. The van der Waals surface area contributed by atoms with Crippen molar-refractivity contribution in [1.29, 1.82) is 0 Å². The molecule has 7 nitrogen and oxygen atoms in total. The van der Waals surface area contributed by atoms with Gasteiger partial charge in [-0.3, -0.25) is 4.98 Å². The lowest BCUT2D eigenvalue weighted by Gasteiger charge is -2.41. The SMILES string of the molecule is COc1cncc2c1[C@]1(O)[C@@H](O)[C@H](CS(=O)O)[C@@H](c3ccccc3)[C@]1(c1ccc(Br)cc1)O2. The van der Waals surface area contributed by atoms with E-state index in [-0.39, 0.29) is 17.1 Å². The molecule has 9 heteroatoms. The Hall–Kier alpha value is -2.30. The number of ether oxygens (including phenoxy) is 2. The molecule has 0 spiro atoms. The molecule has 1 aromatic heterocycles. The van der Waals surface area contributed by atoms with Crippen molar-refractivity contribution in [2.75, 3.05) is 12.9 Å². The summed E-state index contributed by atoms with van der Waals surface area (Å²) < 4.78 is 34.8. The summed E-state index contributed by atoms with van der Waals surface area (Å²) >= 11 is 1.23. The van der Waals surface area contributed by atoms with Crippen LogP contribution < -0.4 is 9.47 Å². The number of hydrogen-bond acceptors (Lipinski definition) is 6. The van der Waals surface area contributed by atoms with Gasteiger partial charge in [-0.15, -0.1) is 0 Å². The van der Waals surface area contributed by atoms with E-state index in [0.29, 0.717) is 11.3 Å². The summed E-state index contributed by atoms with van der Waals surface area (Å²) in [7, 11) is 1.45. The van der Waals surface area contributed by atoms with Crippen LogP contribution in [0.5, 0.6) is 11.5 Å². The molecule has 2 heterocycles. The molecule has 172 valence electrons. The molecule has 0 radical (unpaired) electrons. The molecule has 1 aliphatic heterocycles. The molecule has 33 heavy (non-hydrogen) atoms. The highest BCUT2D eigenvalue weighted by Gasteiger charge is 2.76. The molecule has 0 saturated heterocycles. The van der Waals surface area contributed by atoms with Gasteiger partial charge < -0.3 is 24.2 Å². The standard InChI is InChI=1S/C24H22BrNO6S/c1-31-18-11-26-12-19-21(18)23(28)22(27)17(13-33(29)30)20(14-5-3-2-4-6-14)24(23,32-19)15-7-9-16(25)10-8-15/h2-12,17,20,22,27-28H,13H2,1H3,(H,29,30)/t17-,20-,22+,23+,24+/m1/s1. The zero-order chi connectivity index (χ0) is 23.4. The molecule has 1 aliphatic carbocycles. The van der Waals surface area contributed by atoms with Crippen LogP contribution in [0.2, 0.25) is 0 Å². The lowest BCUT2D eigenvalue weighted by Crippen LogP contribution is -2.52. The normalized spacial score (nSPS) is 30.9. The molecule has 0 amide bonds. The fourth-order valence-corrected chi connectivity index (χ4v) is 6.55. The number of nitrogens with zero attached hydrogens (tertiary/aromatic N) is 1. The zero-order valence-corrected chi connectivity index (χ0v) is 20.0. The summed E-state index contributed by atoms with van der Waals surface area (Å²) in [5, 5.41) is 24.2. The first-order chi connectivity index (χ1) is 15.8. The minimum atomic E-state index is -2.22. The van der Waals surface area contributed by atoms with Crippen LogP contribution in [0.25, 0.3) is 0 Å². The molecular formula is C24H22BrNO6S. The number of aromatic nitrogens is 1. The predicted octanol–water partition coefficient (Wildman–Crippen LogP) is 3.32. The van der Waals surface area contributed by atoms with Crippen LogP contribution in [0.15, 0.2) is 71.5 Å². The third-order valence-electron chi connectivity index (χ3n) is 6.78. The Labute approximate surface area is 201 Å². The molecular weight excluding hydrogens is 510 g/mol. The molecule has 6 atom stereocenters. The lowest BCUT2D eigenvalue weighted by atomic mass is 9.71. The van der Waals surface area contributed by atoms with Crippen molar-refractivity contribution in [1.82, 2.24) is 4.98 Å². The first-order valence-corrected chi connectivity index (χ1v) is 12.4. The highest BCUT2D eigenvalue weighted by atomic mass is 79.9. The predicted molar refractivity (Wildman–Crippen MR) is 125 cm³/mol. The maximum absolute atomic E-state index is 12.5. The van der Waals surface area contributed by atoms with Crippen LogP contribution in [0.1, 0.15) is 22.6 Å². The summed E-state index contributed by atoms with van der Waals surface area (Å²) in [5.41, 5.74) is -1.81. The molecule has 1 saturated carbocycles. The van der Waals surface area contributed by atoms with Crippen molar-refractivity contribution in [3.8, 4) is 11.5 Å². The summed E-state index contributed by atoms with van der Waals surface area (Å²) in [6.07, 6.45) is 1.52. The monoisotopic (exact) mass is 531 g/mol. The summed E-state index contributed by atoms with van der Waals surface area (Å²) in [6.45, 7) is 0. The summed E-state index contributed by atoms with van der Waals surface area (Å²) in [6, 6.07) is 16.6. The van der Waals surface area contributed by atoms with E-state index in [9.17, 15) is 19.0 Å². The van der Waals surface area contributed by atoms with E-state index < -0.39 is 40.2 Å². The van der Waals surface area contributed by atoms with Gasteiger partial charge in [0.2, 0.25) is 0 Å². The van der Waals surface area contributed by atoms with Gasteiger partial charge in [-0.05, 0) is 23.3 Å². The van der Waals surface area contributed by atoms with Crippen molar-refractivity contribution >= 4 is 27.0 Å². The number of benzene rings is 2. The molecule has 2 aliphatic rings. The average molecular weight is 532 g/mol. The summed E-state index contributed by atoms with van der Waals surface area (Å²) in [5.74, 6) is -1.13. The van der Waals surface area contributed by atoms with E-state index in [1.54, 1.807) is 0 Å². The number of aliphatic hydroxyl groups is 2. The molecule has 1 unspecified atom stereocenters. The average Bonchev–Trinajstić information content (AvgIpc) is 3.18. The van der Waals surface area contributed by atoms with Crippen molar-refractivity contribution in [3.63, 3.8) is 0 Å². The van der Waals surface area contributed by atoms with Crippen LogP contribution >= 0.6 is 15.9 Å². The third kappa shape index (κ3) is 3.10. The lowest BCUT2D eigenvalue weighted by molar-refractivity contribution is -0.151. The number of hydrogen-bond donors (Lipinski definition) is 3. The second-order valence-corrected chi connectivity index (χ2v) is 10.2. The smallest absolute Gasteiger partial charge is 0.177 e. The first kappa shape index (κ1) is 22.5. The number of fused-ring (bicyclic) bond motifs is 3. The number of pyridine rings is 1. The van der Waals surface area contributed by atoms with E-state index in [0.717, 1.165) is 10.0 Å². The maximum atomic E-state index is 12.5. The first-order valence-electron chi connectivity index (χ1n) is 10.3. The minimum absolute atomic E-state index is 0.243. The van der Waals surface area contributed by atoms with Gasteiger partial charge in [0.1, 0.15) is 11.5 Å². The van der Waals surface area contributed by atoms with E-state index in [1.807, 2.05) is 54.6 Å². The van der Waals surface area contributed by atoms with Gasteiger partial charge in [-0.25, -0.2) is 4.21 Å². The van der Waals surface area contributed by atoms with E-state index in [2.05, 4.69) is 20.9 Å². The van der Waals surface area contributed by atoms with Crippen molar-refractivity contribution < 1.29 is 28.4 Å². The quantitative estimate of drug-likeness (QED) is 0.433. The van der Waals surface area contributed by atoms with Gasteiger partial charge in [-0.1, -0.05) is 58.4 Å². The van der Waals surface area contributed by atoms with Crippen LogP contribution in [0, 0.1) is 5.92 Å². The van der Waals surface area contributed by atoms with Gasteiger partial charge >= 0.3 is 0 Å². The van der Waals surface area contributed by atoms with Gasteiger partial charge in [0, 0.05) is 16.3 Å². The van der Waals surface area contributed by atoms with Crippen LogP contribution in [0.3, 0.4) is 0 Å². The zero-order valence-electron chi connectivity index (χ0n) is 17.6. The molecule has 0 bridgehead atoms. The molecule has 2 aromatic carbocycles. The van der Waals surface area contributed by atoms with E-state index >= 15 is 0 Å². The Morgan fingerprint density at radius 2 is 1.85 bits per heavy atom. The molecule has 5 rings (SSSR count). The summed E-state index contributed by atoms with van der Waals surface area (Å²) in [4.78, 5) is 4.18. The fourth-order valence-electron chi connectivity index (χ4n) is 5.58. The van der Waals surface area contributed by atoms with Crippen LogP contribution in [-0.4, -0.2) is 42.9 Å². The number of halogens is 1. The van der Waals surface area contributed by atoms with Gasteiger partial charge in [0.25, 0.3) is 0 Å². The Morgan fingerprint density at radius 3 is 2.48 bits per heavy atom. The third-order valence-corrected chi connectivity index (χ3v) is 7.98. The van der Waals surface area contributed by atoms with E-state index in [1.165, 1.54) is 19.5 Å². The number of aliphatic hydroxyl groups excluding tert-OH is 1. The molecule has 3 N–H and O–H groups in total. The van der Waals surface area contributed by atoms with Gasteiger partial charge in [0.15, 0.2) is 22.3 Å². The van der Waals surface area contributed by atoms with Gasteiger partial charge in [-0.2, -0.15) is 0 Å². The molecule has 3 aromatic rings. The minimum Gasteiger partial charge on any atom is -0.495 e. The maximum Gasteiger partial charge on any atom is 0.177 e. The fraction of sp³-hybridized carbons (Fsp3) is 0.292. The van der Waals surface area contributed by atoms with Crippen molar-refractivity contribution in [2.45, 2.75) is 23.2 Å². The largest absolute Gasteiger partial charge is 0.495 e. The second kappa shape index (κ2) is 8.18. The number of methoxy groups -OCH3 is 1. The highest BCUT2D eigenvalue weighted by Crippen LogP contribution is 2.69. The Morgan fingerprint density at radius 1 is 1.15 bits per heavy atom.